The normalized spacial score (nSPS) is 11.6. The van der Waals surface area contributed by atoms with Crippen molar-refractivity contribution >= 4 is 48.2 Å². The average molecular weight is 657 g/mol. The van der Waals surface area contributed by atoms with Gasteiger partial charge in [0.25, 0.3) is 0 Å². The molecule has 0 aromatic heterocycles. The Morgan fingerprint density at radius 1 is 0.367 bits per heavy atom. The molecule has 0 spiro atoms. The topological polar surface area (TPSA) is 105 Å². The summed E-state index contributed by atoms with van der Waals surface area (Å²) >= 11 is 0. The summed E-state index contributed by atoms with van der Waals surface area (Å²) in [6.07, 6.45) is 11.3. The van der Waals surface area contributed by atoms with E-state index in [0.717, 1.165) is 22.3 Å². The summed E-state index contributed by atoms with van der Waals surface area (Å²) in [4.78, 5) is 51.2. The summed E-state index contributed by atoms with van der Waals surface area (Å²) in [6.45, 7) is -1.64. The Morgan fingerprint density at radius 2 is 0.571 bits per heavy atom. The molecule has 4 rings (SSSR count). The van der Waals surface area contributed by atoms with Crippen molar-refractivity contribution in [1.29, 1.82) is 0 Å². The van der Waals surface area contributed by atoms with E-state index in [0.29, 0.717) is 0 Å². The Labute approximate surface area is 285 Å². The minimum Gasteiger partial charge on any atom is -0.462 e. The number of rotatable bonds is 16. The average Bonchev–Trinajstić information content (AvgIpc) is 3.15. The number of carbonyl (C=O) groups is 4. The van der Waals surface area contributed by atoms with Gasteiger partial charge in [0, 0.05) is 24.3 Å². The zero-order chi connectivity index (χ0) is 34.6. The second-order valence-corrected chi connectivity index (χ2v) is 10.9. The summed E-state index contributed by atoms with van der Waals surface area (Å²) in [7, 11) is 0. The van der Waals surface area contributed by atoms with Gasteiger partial charge in [-0.15, -0.1) is 0 Å². The molecule has 0 bridgehead atoms. The van der Waals surface area contributed by atoms with E-state index < -0.39 is 55.7 Å². The van der Waals surface area contributed by atoms with Gasteiger partial charge in [-0.05, 0) is 46.6 Å². The minimum absolute atomic E-state index is 0.411. The van der Waals surface area contributed by atoms with Gasteiger partial charge in [-0.25, -0.2) is 19.2 Å². The molecule has 49 heavy (non-hydrogen) atoms. The fraction of sp³-hybridized carbons (Fsp3) is 0.122. The third-order valence-electron chi connectivity index (χ3n) is 6.93. The maximum atomic E-state index is 12.8. The first kappa shape index (κ1) is 35.6. The molecule has 0 radical (unpaired) electrons. The molecule has 8 heteroatoms. The Kier molecular flexibility index (Phi) is 14.1. The van der Waals surface area contributed by atoms with E-state index in [4.69, 9.17) is 18.9 Å². The largest absolute Gasteiger partial charge is 0.462 e. The van der Waals surface area contributed by atoms with Crippen molar-refractivity contribution in [3.05, 3.63) is 168 Å². The van der Waals surface area contributed by atoms with Gasteiger partial charge in [0.1, 0.15) is 31.8 Å². The Balaban J connectivity index is 1.53. The van der Waals surface area contributed by atoms with Crippen LogP contribution in [0.2, 0.25) is 0 Å². The summed E-state index contributed by atoms with van der Waals surface area (Å²) in [6, 6.07) is 36.6. The molecule has 0 fully saturated rings. The molecule has 4 aromatic carbocycles. The number of benzene rings is 4. The smallest absolute Gasteiger partial charge is 0.330 e. The maximum Gasteiger partial charge on any atom is 0.330 e. The molecule has 0 aliphatic carbocycles. The van der Waals surface area contributed by atoms with Crippen LogP contribution in [0.1, 0.15) is 22.3 Å². The summed E-state index contributed by atoms with van der Waals surface area (Å²) < 4.78 is 22.2. The van der Waals surface area contributed by atoms with E-state index in [9.17, 15) is 19.2 Å². The number of hydrogen-bond donors (Lipinski definition) is 0. The monoisotopic (exact) mass is 656 g/mol. The van der Waals surface area contributed by atoms with Crippen LogP contribution in [0.3, 0.4) is 0 Å². The number of ether oxygens (including phenoxy) is 4. The van der Waals surface area contributed by atoms with Crippen LogP contribution < -0.4 is 0 Å². The van der Waals surface area contributed by atoms with Crippen LogP contribution in [-0.4, -0.2) is 50.3 Å². The van der Waals surface area contributed by atoms with Crippen molar-refractivity contribution < 1.29 is 38.1 Å². The quantitative estimate of drug-likeness (QED) is 0.0722. The van der Waals surface area contributed by atoms with Crippen LogP contribution in [-0.2, 0) is 38.1 Å². The molecule has 0 heterocycles. The number of hydrogen-bond acceptors (Lipinski definition) is 8. The fourth-order valence-corrected chi connectivity index (χ4v) is 4.25. The molecule has 4 aromatic rings. The Hall–Kier alpha value is -6.28. The van der Waals surface area contributed by atoms with E-state index in [1.807, 2.05) is 121 Å². The molecular weight excluding hydrogens is 620 g/mol. The lowest BCUT2D eigenvalue weighted by molar-refractivity contribution is -0.164. The van der Waals surface area contributed by atoms with Crippen molar-refractivity contribution in [2.45, 2.75) is 0 Å². The lowest BCUT2D eigenvalue weighted by atomic mass is 9.92. The fourth-order valence-electron chi connectivity index (χ4n) is 4.25. The van der Waals surface area contributed by atoms with Gasteiger partial charge in [0.15, 0.2) is 0 Å². The summed E-state index contributed by atoms with van der Waals surface area (Å²) in [5.74, 6) is -2.80. The van der Waals surface area contributed by atoms with Gasteiger partial charge < -0.3 is 18.9 Å². The lowest BCUT2D eigenvalue weighted by Gasteiger charge is -2.31. The van der Waals surface area contributed by atoms with Gasteiger partial charge in [-0.1, -0.05) is 121 Å². The molecule has 0 N–H and O–H groups in total. The van der Waals surface area contributed by atoms with Crippen molar-refractivity contribution in [1.82, 2.24) is 0 Å². The van der Waals surface area contributed by atoms with Crippen LogP contribution >= 0.6 is 0 Å². The molecule has 0 saturated heterocycles. The third kappa shape index (κ3) is 13.5. The van der Waals surface area contributed by atoms with E-state index in [-0.39, 0.29) is 0 Å². The number of esters is 4. The number of carbonyl (C=O) groups excluding carboxylic acids is 4. The first-order chi connectivity index (χ1) is 23.9. The van der Waals surface area contributed by atoms with Crippen LogP contribution in [0.4, 0.5) is 0 Å². The highest BCUT2D eigenvalue weighted by Gasteiger charge is 2.37. The summed E-state index contributed by atoms with van der Waals surface area (Å²) in [5, 5.41) is 0. The Morgan fingerprint density at radius 3 is 0.776 bits per heavy atom. The van der Waals surface area contributed by atoms with Crippen LogP contribution in [0.25, 0.3) is 24.3 Å². The van der Waals surface area contributed by atoms with E-state index >= 15 is 0 Å². The molecule has 248 valence electrons. The van der Waals surface area contributed by atoms with Gasteiger partial charge in [0.2, 0.25) is 0 Å². The molecular formula is C41H36O8. The van der Waals surface area contributed by atoms with Gasteiger partial charge in [0.05, 0.1) is 0 Å². The van der Waals surface area contributed by atoms with Gasteiger partial charge >= 0.3 is 23.9 Å². The van der Waals surface area contributed by atoms with Crippen LogP contribution in [0.5, 0.6) is 0 Å². The predicted octanol–water partition coefficient (Wildman–Crippen LogP) is 7.00. The van der Waals surface area contributed by atoms with Crippen molar-refractivity contribution in [2.75, 3.05) is 26.4 Å². The van der Waals surface area contributed by atoms with Gasteiger partial charge in [-0.3, -0.25) is 0 Å². The third-order valence-corrected chi connectivity index (χ3v) is 6.93. The van der Waals surface area contributed by atoms with Gasteiger partial charge in [-0.2, -0.15) is 0 Å². The molecule has 0 saturated carbocycles. The van der Waals surface area contributed by atoms with Crippen LogP contribution in [0, 0.1) is 5.41 Å². The van der Waals surface area contributed by atoms with E-state index in [2.05, 4.69) is 0 Å². The van der Waals surface area contributed by atoms with E-state index in [1.165, 1.54) is 24.3 Å². The molecule has 0 aliphatic rings. The molecule has 0 aliphatic heterocycles. The van der Waals surface area contributed by atoms with Crippen molar-refractivity contribution in [2.24, 2.45) is 5.41 Å². The van der Waals surface area contributed by atoms with Crippen LogP contribution in [0.15, 0.2) is 146 Å². The summed E-state index contributed by atoms with van der Waals surface area (Å²) in [5.41, 5.74) is 1.66. The zero-order valence-corrected chi connectivity index (χ0v) is 26.8. The second kappa shape index (κ2) is 19.4. The molecule has 0 atom stereocenters. The molecule has 8 nitrogen and oxygen atoms in total. The van der Waals surface area contributed by atoms with Crippen molar-refractivity contribution in [3.63, 3.8) is 0 Å². The highest BCUT2D eigenvalue weighted by atomic mass is 16.6. The maximum absolute atomic E-state index is 12.8. The first-order valence-corrected chi connectivity index (χ1v) is 15.5. The second-order valence-electron chi connectivity index (χ2n) is 10.9. The highest BCUT2D eigenvalue weighted by Crippen LogP contribution is 2.22. The highest BCUT2D eigenvalue weighted by molar-refractivity contribution is 5.89. The molecule has 0 unspecified atom stereocenters. The van der Waals surface area contributed by atoms with Crippen molar-refractivity contribution in [3.8, 4) is 0 Å². The minimum atomic E-state index is -1.46. The standard InChI is InChI=1S/C41H36O8/c42-37(25-21-33-13-5-1-6-14-33)46-29-41(30-47-38(43)26-22-34-15-7-2-8-16-34,31-48-39(44)27-23-35-17-9-3-10-18-35)32-49-40(45)28-24-36-19-11-4-12-20-36/h1-28H,29-32H2/b25-21+,26-22+,27-23+,28-24+. The predicted molar refractivity (Wildman–Crippen MR) is 188 cm³/mol. The lowest BCUT2D eigenvalue weighted by Crippen LogP contribution is -2.43. The first-order valence-electron chi connectivity index (χ1n) is 15.5. The SMILES string of the molecule is O=C(/C=C/c1ccccc1)OCC(COC(=O)/C=C/c1ccccc1)(COC(=O)/C=C/c1ccccc1)COC(=O)/C=C/c1ccccc1. The Bertz CT molecular complexity index is 1490. The van der Waals surface area contributed by atoms with E-state index in [1.54, 1.807) is 24.3 Å². The molecule has 0 amide bonds. The zero-order valence-electron chi connectivity index (χ0n) is 26.8.